The molecule has 4 aromatic carbocycles. The Morgan fingerprint density at radius 3 is 0.812 bits per heavy atom. The Bertz CT molecular complexity index is 2010. The van der Waals surface area contributed by atoms with Crippen LogP contribution in [0.15, 0.2) is 148 Å². The summed E-state index contributed by atoms with van der Waals surface area (Å²) in [5.74, 6) is -2.08. The number of benzene rings is 4. The van der Waals surface area contributed by atoms with Crippen LogP contribution in [0.2, 0.25) is 0 Å². The van der Waals surface area contributed by atoms with Gasteiger partial charge >= 0.3 is 46.6 Å². The number of rotatable bonds is 8. The first-order chi connectivity index (χ1) is 22.6. The Hall–Kier alpha value is -3.10. The zero-order chi connectivity index (χ0) is 34.5. The lowest BCUT2D eigenvalue weighted by Crippen LogP contribution is -1.93. The molecule has 0 saturated heterocycles. The van der Waals surface area contributed by atoms with Crippen molar-refractivity contribution in [3.8, 4) is 23.0 Å². The SMILES string of the molecule is FP1(F)=NP(F)(F)=NP(F)(Oc2ccccc2)=NP(F)(Oc2ccccc2)=NP(F)(Oc2ccccc2)=NP(F)(Oc2ccccc2)=N1. The lowest BCUT2D eigenvalue weighted by Gasteiger charge is -2.21. The Kier molecular flexibility index (Phi) is 10.9. The van der Waals surface area contributed by atoms with Crippen LogP contribution in [-0.4, -0.2) is 0 Å². The van der Waals surface area contributed by atoms with Gasteiger partial charge < -0.3 is 18.1 Å². The average Bonchev–Trinajstić information content (AvgIpc) is 2.96. The van der Waals surface area contributed by atoms with Gasteiger partial charge in [0.25, 0.3) is 0 Å². The van der Waals surface area contributed by atoms with Crippen LogP contribution in [0.25, 0.3) is 0 Å². The Labute approximate surface area is 269 Å². The predicted molar refractivity (Wildman–Crippen MR) is 173 cm³/mol. The molecule has 4 atom stereocenters. The van der Waals surface area contributed by atoms with Crippen molar-refractivity contribution in [3.63, 3.8) is 0 Å². The topological polar surface area (TPSA) is 111 Å². The summed E-state index contributed by atoms with van der Waals surface area (Å²) >= 11 is 0. The van der Waals surface area contributed by atoms with Crippen molar-refractivity contribution in [3.05, 3.63) is 121 Å². The van der Waals surface area contributed by atoms with Crippen molar-refractivity contribution in [1.29, 1.82) is 0 Å². The van der Waals surface area contributed by atoms with Gasteiger partial charge in [0.05, 0.1) is 0 Å². The summed E-state index contributed by atoms with van der Waals surface area (Å²) in [5, 5.41) is 0. The van der Waals surface area contributed by atoms with Gasteiger partial charge in [0.1, 0.15) is 23.0 Å². The maximum Gasteiger partial charge on any atom is 0.443 e. The van der Waals surface area contributed by atoms with Crippen LogP contribution >= 0.6 is 46.6 Å². The Balaban J connectivity index is 1.90. The second-order valence-corrected chi connectivity index (χ2v) is 19.6. The number of nitrogens with zero attached hydrogens (tertiary/aromatic N) is 6. The third kappa shape index (κ3) is 10.4. The molecule has 1 heterocycles. The van der Waals surface area contributed by atoms with E-state index in [-0.39, 0.29) is 0 Å². The minimum atomic E-state index is -6.93. The summed E-state index contributed by atoms with van der Waals surface area (Å²) in [7, 11) is -38.5. The van der Waals surface area contributed by atoms with E-state index < -0.39 is 69.6 Å². The van der Waals surface area contributed by atoms with E-state index in [0.717, 1.165) is 48.5 Å². The molecule has 4 unspecified atom stereocenters. The van der Waals surface area contributed by atoms with E-state index in [1.165, 1.54) is 72.8 Å². The molecule has 5 rings (SSSR count). The third-order valence-electron chi connectivity index (χ3n) is 5.17. The van der Waals surface area contributed by atoms with Gasteiger partial charge in [-0.25, -0.2) is 0 Å². The van der Waals surface area contributed by atoms with Crippen LogP contribution in [0.4, 0.5) is 33.6 Å². The normalized spacial score (nSPS) is 28.0. The van der Waals surface area contributed by atoms with Gasteiger partial charge in [-0.05, 0) is 48.5 Å². The number of para-hydroxylation sites is 4. The van der Waals surface area contributed by atoms with Crippen LogP contribution in [-0.2, 0) is 0 Å². The zero-order valence-corrected chi connectivity index (χ0v) is 28.9. The summed E-state index contributed by atoms with van der Waals surface area (Å²) in [4.78, 5) is 0. The molecule has 24 heteroatoms. The highest BCUT2D eigenvalue weighted by Gasteiger charge is 2.44. The Morgan fingerprint density at radius 1 is 0.292 bits per heavy atom. The fraction of sp³-hybridized carbons (Fsp3) is 0. The monoisotopic (exact) mass is 794 g/mol. The number of halogens is 8. The molecule has 0 aromatic heterocycles. The molecule has 0 N–H and O–H groups in total. The van der Waals surface area contributed by atoms with E-state index in [1.54, 1.807) is 0 Å². The first kappa shape index (κ1) is 36.2. The average molecular weight is 794 g/mol. The van der Waals surface area contributed by atoms with E-state index >= 15 is 33.6 Å². The molecule has 0 saturated carbocycles. The van der Waals surface area contributed by atoms with E-state index in [1.807, 2.05) is 4.52 Å². The highest BCUT2D eigenvalue weighted by atomic mass is 31.3. The maximum atomic E-state index is 17.0. The van der Waals surface area contributed by atoms with Crippen molar-refractivity contribution >= 4 is 46.6 Å². The molecule has 0 aliphatic carbocycles. The van der Waals surface area contributed by atoms with Gasteiger partial charge in [0, 0.05) is 0 Å². The molecule has 4 aromatic rings. The third-order valence-corrected chi connectivity index (χ3v) is 17.4. The number of hydrogen-bond acceptors (Lipinski definition) is 10. The van der Waals surface area contributed by atoms with Crippen LogP contribution in [0.3, 0.4) is 0 Å². The van der Waals surface area contributed by atoms with Crippen molar-refractivity contribution in [2.45, 2.75) is 0 Å². The number of hydrogen-bond donors (Lipinski definition) is 0. The highest BCUT2D eigenvalue weighted by Crippen LogP contribution is 2.82. The minimum absolute atomic E-state index is 0.485. The van der Waals surface area contributed by atoms with Crippen LogP contribution in [0.1, 0.15) is 0 Å². The maximum absolute atomic E-state index is 17.0. The quantitative estimate of drug-likeness (QED) is 0.131. The van der Waals surface area contributed by atoms with E-state index in [2.05, 4.69) is 22.6 Å². The molecule has 0 radical (unpaired) electrons. The lowest BCUT2D eigenvalue weighted by atomic mass is 10.3. The molecule has 0 fully saturated rings. The smallest absolute Gasteiger partial charge is 0.419 e. The Morgan fingerprint density at radius 2 is 0.521 bits per heavy atom. The summed E-state index contributed by atoms with van der Waals surface area (Å²) in [6.45, 7) is 0. The molecule has 0 spiro atoms. The van der Waals surface area contributed by atoms with Gasteiger partial charge in [-0.2, -0.15) is 0 Å². The lowest BCUT2D eigenvalue weighted by molar-refractivity contribution is 0.526. The highest BCUT2D eigenvalue weighted by molar-refractivity contribution is 7.78. The molecular weight excluding hydrogens is 774 g/mol. The molecular formula is C24H20F8N6O4P6. The van der Waals surface area contributed by atoms with Gasteiger partial charge in [-0.15, -0.1) is 60.7 Å². The fourth-order valence-electron chi connectivity index (χ4n) is 3.52. The fourth-order valence-corrected chi connectivity index (χ4v) is 15.5. The molecule has 10 nitrogen and oxygen atoms in total. The minimum Gasteiger partial charge on any atom is -0.419 e. The summed E-state index contributed by atoms with van der Waals surface area (Å²) in [6.07, 6.45) is 0. The van der Waals surface area contributed by atoms with Gasteiger partial charge in [0.15, 0.2) is 0 Å². The molecule has 0 amide bonds. The molecule has 48 heavy (non-hydrogen) atoms. The van der Waals surface area contributed by atoms with Crippen LogP contribution in [0, 0.1) is 0 Å². The van der Waals surface area contributed by atoms with Crippen molar-refractivity contribution in [1.82, 2.24) is 0 Å². The van der Waals surface area contributed by atoms with E-state index in [4.69, 9.17) is 18.1 Å². The molecule has 1 aliphatic rings. The van der Waals surface area contributed by atoms with Crippen LogP contribution < -0.4 is 18.1 Å². The van der Waals surface area contributed by atoms with Crippen molar-refractivity contribution in [2.24, 2.45) is 27.1 Å². The van der Waals surface area contributed by atoms with Gasteiger partial charge in [-0.1, -0.05) is 72.8 Å². The predicted octanol–water partition coefficient (Wildman–Crippen LogP) is 15.7. The first-order valence-corrected chi connectivity index (χ1v) is 21.9. The van der Waals surface area contributed by atoms with Crippen molar-refractivity contribution < 1.29 is 51.7 Å². The largest absolute Gasteiger partial charge is 0.443 e. The molecule has 1 aliphatic heterocycles. The molecule has 0 bridgehead atoms. The summed E-state index contributed by atoms with van der Waals surface area (Å²) in [5.41, 5.74) is 0. The van der Waals surface area contributed by atoms with Gasteiger partial charge in [-0.3, -0.25) is 0 Å². The second-order valence-electron chi connectivity index (χ2n) is 8.96. The van der Waals surface area contributed by atoms with E-state index in [9.17, 15) is 0 Å². The molecule has 256 valence electrons. The second kappa shape index (κ2) is 14.4. The summed E-state index contributed by atoms with van der Waals surface area (Å²) in [6, 6.07) is 24.5. The van der Waals surface area contributed by atoms with Crippen LogP contribution in [0.5, 0.6) is 23.0 Å². The van der Waals surface area contributed by atoms with Gasteiger partial charge in [0.2, 0.25) is 0 Å². The zero-order valence-electron chi connectivity index (χ0n) is 23.6. The standard InChI is InChI=1S/C24H20F8N6O4P6/c25-43(26)33-44(27,28)35-46(30,40-22-15-7-2-8-16-22)37-48(32,42-24-19-11-4-12-20-24)38-47(31,41-23-17-9-3-10-18-23)36-45(29,34-43)39-21-13-5-1-6-14-21/h1-20H. The summed E-state index contributed by atoms with van der Waals surface area (Å²) < 4.78 is 164. The van der Waals surface area contributed by atoms with E-state index in [0.29, 0.717) is 0 Å². The first-order valence-electron chi connectivity index (χ1n) is 12.9. The van der Waals surface area contributed by atoms with Crippen molar-refractivity contribution in [2.75, 3.05) is 0 Å².